The van der Waals surface area contributed by atoms with Gasteiger partial charge in [-0.3, -0.25) is 4.90 Å². The van der Waals surface area contributed by atoms with Gasteiger partial charge in [0.1, 0.15) is 5.82 Å². The first kappa shape index (κ1) is 13.3. The van der Waals surface area contributed by atoms with Gasteiger partial charge in [-0.2, -0.15) is 0 Å². The quantitative estimate of drug-likeness (QED) is 0.521. The summed E-state index contributed by atoms with van der Waals surface area (Å²) in [6.45, 7) is 2.28. The Labute approximate surface area is 108 Å². The Bertz CT molecular complexity index is 372. The van der Waals surface area contributed by atoms with Crippen LogP contribution in [0.15, 0.2) is 18.2 Å². The van der Waals surface area contributed by atoms with Crippen LogP contribution in [0.3, 0.4) is 0 Å². The minimum atomic E-state index is 0.287. The lowest BCUT2D eigenvalue weighted by molar-refractivity contribution is 0.208. The van der Waals surface area contributed by atoms with Gasteiger partial charge >= 0.3 is 0 Å². The Morgan fingerprint density at radius 2 is 2.39 bits per heavy atom. The van der Waals surface area contributed by atoms with E-state index in [9.17, 15) is 0 Å². The van der Waals surface area contributed by atoms with Crippen LogP contribution in [0.4, 0.5) is 5.82 Å². The summed E-state index contributed by atoms with van der Waals surface area (Å²) in [7, 11) is 0. The first-order valence-corrected chi connectivity index (χ1v) is 6.61. The van der Waals surface area contributed by atoms with Crippen molar-refractivity contribution in [3.8, 4) is 0 Å². The van der Waals surface area contributed by atoms with E-state index in [1.807, 2.05) is 18.2 Å². The number of anilines is 1. The molecule has 1 atom stereocenters. The number of pyridine rings is 1. The highest BCUT2D eigenvalue weighted by atomic mass is 16.2. The Balaban J connectivity index is 1.94. The molecule has 0 aromatic carbocycles. The lowest BCUT2D eigenvalue weighted by Crippen LogP contribution is -2.29. The highest BCUT2D eigenvalue weighted by Gasteiger charge is 2.24. The number of nitrogen functional groups attached to an aromatic ring is 1. The van der Waals surface area contributed by atoms with Crippen molar-refractivity contribution < 1.29 is 5.11 Å². The van der Waals surface area contributed by atoms with Gasteiger partial charge in [0.15, 0.2) is 0 Å². The Morgan fingerprint density at radius 3 is 3.17 bits per heavy atom. The normalized spacial score (nSPS) is 20.2. The molecule has 1 aromatic heterocycles. The fourth-order valence-electron chi connectivity index (χ4n) is 2.61. The van der Waals surface area contributed by atoms with Gasteiger partial charge in [-0.15, -0.1) is 0 Å². The molecule has 1 fully saturated rings. The molecule has 1 unspecified atom stereocenters. The third-order valence-corrected chi connectivity index (χ3v) is 3.51. The Hall–Kier alpha value is -1.17. The molecule has 1 aliphatic heterocycles. The van der Waals surface area contributed by atoms with Crippen molar-refractivity contribution in [1.29, 1.82) is 0 Å². The van der Waals surface area contributed by atoms with Crippen LogP contribution in [0.2, 0.25) is 0 Å². The number of aliphatic hydroxyl groups is 1. The SMILES string of the molecule is NNc1cccc(CN2CCCC2CCCO)n1. The maximum atomic E-state index is 8.92. The van der Waals surface area contributed by atoms with Crippen LogP contribution < -0.4 is 11.3 Å². The number of hydrazine groups is 1. The highest BCUT2D eigenvalue weighted by molar-refractivity contribution is 5.33. The first-order chi connectivity index (χ1) is 8.83. The summed E-state index contributed by atoms with van der Waals surface area (Å²) in [6.07, 6.45) is 4.43. The molecular formula is C13H22N4O. The molecule has 5 heteroatoms. The van der Waals surface area contributed by atoms with Crippen LogP contribution in [-0.4, -0.2) is 34.2 Å². The fourth-order valence-corrected chi connectivity index (χ4v) is 2.61. The van der Waals surface area contributed by atoms with E-state index in [2.05, 4.69) is 15.3 Å². The van der Waals surface area contributed by atoms with Gasteiger partial charge in [0, 0.05) is 19.2 Å². The smallest absolute Gasteiger partial charge is 0.140 e. The van der Waals surface area contributed by atoms with Gasteiger partial charge in [-0.25, -0.2) is 10.8 Å². The molecule has 100 valence electrons. The molecule has 0 radical (unpaired) electrons. The molecule has 4 N–H and O–H groups in total. The number of nitrogens with one attached hydrogen (secondary N) is 1. The van der Waals surface area contributed by atoms with Gasteiger partial charge < -0.3 is 10.5 Å². The van der Waals surface area contributed by atoms with Crippen molar-refractivity contribution in [3.63, 3.8) is 0 Å². The summed E-state index contributed by atoms with van der Waals surface area (Å²) < 4.78 is 0. The summed E-state index contributed by atoms with van der Waals surface area (Å²) in [5, 5.41) is 8.92. The maximum absolute atomic E-state index is 8.92. The summed E-state index contributed by atoms with van der Waals surface area (Å²) in [4.78, 5) is 6.90. The van der Waals surface area contributed by atoms with E-state index in [0.29, 0.717) is 11.9 Å². The van der Waals surface area contributed by atoms with E-state index < -0.39 is 0 Å². The Kier molecular flexibility index (Phi) is 4.92. The maximum Gasteiger partial charge on any atom is 0.140 e. The summed E-state index contributed by atoms with van der Waals surface area (Å²) in [6, 6.07) is 6.45. The molecule has 1 saturated heterocycles. The van der Waals surface area contributed by atoms with E-state index in [-0.39, 0.29) is 6.61 Å². The molecule has 1 aliphatic rings. The second-order valence-electron chi connectivity index (χ2n) is 4.79. The van der Waals surface area contributed by atoms with Crippen LogP contribution in [0.25, 0.3) is 0 Å². The summed E-state index contributed by atoms with van der Waals surface area (Å²) in [5.74, 6) is 6.07. The number of likely N-dealkylation sites (tertiary alicyclic amines) is 1. The summed E-state index contributed by atoms with van der Waals surface area (Å²) >= 11 is 0. The molecule has 0 spiro atoms. The minimum absolute atomic E-state index is 0.287. The number of hydrogen-bond donors (Lipinski definition) is 3. The second kappa shape index (κ2) is 6.68. The number of nitrogens with two attached hydrogens (primary N) is 1. The van der Waals surface area contributed by atoms with E-state index in [1.54, 1.807) is 0 Å². The molecule has 1 aromatic rings. The van der Waals surface area contributed by atoms with Gasteiger partial charge in [-0.1, -0.05) is 6.07 Å². The number of nitrogens with zero attached hydrogens (tertiary/aromatic N) is 2. The van der Waals surface area contributed by atoms with Crippen molar-refractivity contribution in [2.24, 2.45) is 5.84 Å². The number of hydrogen-bond acceptors (Lipinski definition) is 5. The van der Waals surface area contributed by atoms with Crippen LogP contribution in [0.5, 0.6) is 0 Å². The van der Waals surface area contributed by atoms with Crippen LogP contribution >= 0.6 is 0 Å². The Morgan fingerprint density at radius 1 is 1.50 bits per heavy atom. The third kappa shape index (κ3) is 3.41. The minimum Gasteiger partial charge on any atom is -0.396 e. The topological polar surface area (TPSA) is 74.4 Å². The predicted octanol–water partition coefficient (Wildman–Crippen LogP) is 1.10. The molecule has 2 rings (SSSR count). The predicted molar refractivity (Wildman–Crippen MR) is 71.8 cm³/mol. The zero-order valence-corrected chi connectivity index (χ0v) is 10.7. The second-order valence-corrected chi connectivity index (χ2v) is 4.79. The summed E-state index contributed by atoms with van der Waals surface area (Å²) in [5.41, 5.74) is 3.62. The molecule has 18 heavy (non-hydrogen) atoms. The van der Waals surface area contributed by atoms with Gasteiger partial charge in [-0.05, 0) is 44.4 Å². The average molecular weight is 250 g/mol. The van der Waals surface area contributed by atoms with E-state index in [1.165, 1.54) is 12.8 Å². The van der Waals surface area contributed by atoms with E-state index in [0.717, 1.165) is 31.6 Å². The largest absolute Gasteiger partial charge is 0.396 e. The fraction of sp³-hybridized carbons (Fsp3) is 0.615. The first-order valence-electron chi connectivity index (χ1n) is 6.61. The van der Waals surface area contributed by atoms with E-state index in [4.69, 9.17) is 10.9 Å². The van der Waals surface area contributed by atoms with Gasteiger partial charge in [0.25, 0.3) is 0 Å². The molecule has 0 aliphatic carbocycles. The molecule has 2 heterocycles. The molecule has 0 bridgehead atoms. The van der Waals surface area contributed by atoms with Crippen LogP contribution in [-0.2, 0) is 6.54 Å². The number of aromatic nitrogens is 1. The zero-order chi connectivity index (χ0) is 12.8. The van der Waals surface area contributed by atoms with Crippen LogP contribution in [0.1, 0.15) is 31.4 Å². The highest BCUT2D eigenvalue weighted by Crippen LogP contribution is 2.23. The van der Waals surface area contributed by atoms with Crippen molar-refractivity contribution in [2.75, 3.05) is 18.6 Å². The van der Waals surface area contributed by atoms with Crippen molar-refractivity contribution in [2.45, 2.75) is 38.3 Å². The zero-order valence-electron chi connectivity index (χ0n) is 10.7. The molecule has 0 saturated carbocycles. The molecule has 0 amide bonds. The lowest BCUT2D eigenvalue weighted by atomic mass is 10.1. The average Bonchev–Trinajstić information content (AvgIpc) is 2.84. The van der Waals surface area contributed by atoms with Gasteiger partial charge in [0.05, 0.1) is 5.69 Å². The number of rotatable bonds is 6. The number of aliphatic hydroxyl groups excluding tert-OH is 1. The molecular weight excluding hydrogens is 228 g/mol. The van der Waals surface area contributed by atoms with Gasteiger partial charge in [0.2, 0.25) is 0 Å². The monoisotopic (exact) mass is 250 g/mol. The van der Waals surface area contributed by atoms with Crippen molar-refractivity contribution >= 4 is 5.82 Å². The lowest BCUT2D eigenvalue weighted by Gasteiger charge is -2.24. The van der Waals surface area contributed by atoms with Crippen molar-refractivity contribution in [3.05, 3.63) is 23.9 Å². The third-order valence-electron chi connectivity index (χ3n) is 3.51. The standard InChI is InChI=1S/C13H22N4O/c14-16-13-7-1-4-11(15-13)10-17-8-2-5-12(17)6-3-9-18/h1,4,7,12,18H,2-3,5-6,8-10,14H2,(H,15,16). The molecule has 5 nitrogen and oxygen atoms in total. The van der Waals surface area contributed by atoms with Crippen molar-refractivity contribution in [1.82, 2.24) is 9.88 Å². The van der Waals surface area contributed by atoms with Crippen LogP contribution in [0, 0.1) is 0 Å². The van der Waals surface area contributed by atoms with E-state index >= 15 is 0 Å².